The highest BCUT2D eigenvalue weighted by molar-refractivity contribution is 7.80. The van der Waals surface area contributed by atoms with E-state index in [1.165, 1.54) is 0 Å². The van der Waals surface area contributed by atoms with Gasteiger partial charge in [-0.05, 0) is 19.3 Å². The number of rotatable bonds is 3. The minimum absolute atomic E-state index is 0.154. The van der Waals surface area contributed by atoms with Gasteiger partial charge in [-0.2, -0.15) is 12.6 Å². The van der Waals surface area contributed by atoms with Crippen LogP contribution < -0.4 is 0 Å². The molecule has 0 N–H and O–H groups in total. The van der Waals surface area contributed by atoms with Crippen molar-refractivity contribution in [3.63, 3.8) is 0 Å². The molecule has 0 unspecified atom stereocenters. The molecule has 1 amide bonds. The van der Waals surface area contributed by atoms with Gasteiger partial charge in [0.25, 0.3) is 0 Å². The van der Waals surface area contributed by atoms with Crippen LogP contribution in [0, 0.1) is 0 Å². The van der Waals surface area contributed by atoms with Crippen LogP contribution in [0.15, 0.2) is 0 Å². The minimum Gasteiger partial charge on any atom is -0.449 e. The fraction of sp³-hybridized carbons (Fsp3) is 0.900. The van der Waals surface area contributed by atoms with Crippen molar-refractivity contribution in [3.05, 3.63) is 0 Å². The molecule has 3 nitrogen and oxygen atoms in total. The van der Waals surface area contributed by atoms with E-state index < -0.39 is 0 Å². The number of piperidine rings is 1. The first kappa shape index (κ1) is 11.7. The summed E-state index contributed by atoms with van der Waals surface area (Å²) in [5.41, 5.74) is 0. The Balaban J connectivity index is 2.17. The predicted octanol–water partition coefficient (Wildman–Crippen LogP) is 2.32. The van der Waals surface area contributed by atoms with Crippen molar-refractivity contribution >= 4 is 18.7 Å². The van der Waals surface area contributed by atoms with E-state index in [9.17, 15) is 4.79 Å². The Morgan fingerprint density at radius 3 is 2.71 bits per heavy atom. The predicted molar refractivity (Wildman–Crippen MR) is 59.8 cm³/mol. The summed E-state index contributed by atoms with van der Waals surface area (Å²) in [6.45, 7) is 4.22. The van der Waals surface area contributed by atoms with E-state index in [2.05, 4.69) is 19.6 Å². The van der Waals surface area contributed by atoms with Gasteiger partial charge in [0.1, 0.15) is 0 Å². The fourth-order valence-corrected chi connectivity index (χ4v) is 1.67. The van der Waals surface area contributed by atoms with E-state index >= 15 is 0 Å². The summed E-state index contributed by atoms with van der Waals surface area (Å²) >= 11 is 4.38. The maximum Gasteiger partial charge on any atom is 0.409 e. The number of likely N-dealkylation sites (tertiary alicyclic amines) is 1. The first-order valence-electron chi connectivity index (χ1n) is 5.33. The van der Waals surface area contributed by atoms with Crippen LogP contribution >= 0.6 is 12.6 Å². The van der Waals surface area contributed by atoms with Crippen LogP contribution in [0.2, 0.25) is 0 Å². The summed E-state index contributed by atoms with van der Waals surface area (Å²) in [5.74, 6) is 0. The first-order valence-corrected chi connectivity index (χ1v) is 5.85. The third kappa shape index (κ3) is 3.78. The molecule has 0 spiro atoms. The van der Waals surface area contributed by atoms with E-state index in [0.29, 0.717) is 11.9 Å². The molecule has 0 saturated carbocycles. The Morgan fingerprint density at radius 1 is 1.50 bits per heavy atom. The van der Waals surface area contributed by atoms with Gasteiger partial charge in [-0.15, -0.1) is 0 Å². The molecule has 1 rings (SSSR count). The van der Waals surface area contributed by atoms with Crippen molar-refractivity contribution in [2.75, 3.05) is 19.7 Å². The molecule has 1 fully saturated rings. The molecular weight excluding hydrogens is 198 g/mol. The molecular formula is C10H19NO2S. The molecule has 1 saturated heterocycles. The molecule has 4 heteroatoms. The van der Waals surface area contributed by atoms with Gasteiger partial charge < -0.3 is 9.64 Å². The standard InChI is InChI=1S/C10H19NO2S/c1-2-3-8-13-10(12)11-6-4-9(14)5-7-11/h9,14H,2-8H2,1H3. The zero-order chi connectivity index (χ0) is 10.4. The van der Waals surface area contributed by atoms with Crippen molar-refractivity contribution in [3.8, 4) is 0 Å². The van der Waals surface area contributed by atoms with Crippen molar-refractivity contribution in [1.29, 1.82) is 0 Å². The lowest BCUT2D eigenvalue weighted by Crippen LogP contribution is -2.39. The van der Waals surface area contributed by atoms with Gasteiger partial charge in [0.15, 0.2) is 0 Å². The highest BCUT2D eigenvalue weighted by Crippen LogP contribution is 2.15. The minimum atomic E-state index is -0.154. The summed E-state index contributed by atoms with van der Waals surface area (Å²) in [5, 5.41) is 0.453. The highest BCUT2D eigenvalue weighted by atomic mass is 32.1. The summed E-state index contributed by atoms with van der Waals surface area (Å²) in [4.78, 5) is 13.2. The number of thiol groups is 1. The van der Waals surface area contributed by atoms with Crippen LogP contribution in [0.3, 0.4) is 0 Å². The number of unbranched alkanes of at least 4 members (excludes halogenated alkanes) is 1. The van der Waals surface area contributed by atoms with Gasteiger partial charge in [0.2, 0.25) is 0 Å². The summed E-state index contributed by atoms with van der Waals surface area (Å²) < 4.78 is 5.12. The molecule has 0 radical (unpaired) electrons. The van der Waals surface area contributed by atoms with Crippen molar-refractivity contribution < 1.29 is 9.53 Å². The van der Waals surface area contributed by atoms with Crippen LogP contribution in [-0.4, -0.2) is 35.9 Å². The number of carbonyl (C=O) groups excluding carboxylic acids is 1. The van der Waals surface area contributed by atoms with E-state index in [0.717, 1.165) is 38.8 Å². The Kier molecular flexibility index (Phi) is 5.15. The second-order valence-electron chi connectivity index (χ2n) is 3.69. The largest absolute Gasteiger partial charge is 0.449 e. The zero-order valence-electron chi connectivity index (χ0n) is 8.74. The molecule has 1 heterocycles. The molecule has 0 aromatic rings. The molecule has 0 aromatic heterocycles. The number of carbonyl (C=O) groups is 1. The summed E-state index contributed by atoms with van der Waals surface area (Å²) in [7, 11) is 0. The highest BCUT2D eigenvalue weighted by Gasteiger charge is 2.21. The second-order valence-corrected chi connectivity index (χ2v) is 4.42. The smallest absolute Gasteiger partial charge is 0.409 e. The molecule has 0 bridgehead atoms. The summed E-state index contributed by atoms with van der Waals surface area (Å²) in [6.07, 6.45) is 3.82. The second kappa shape index (κ2) is 6.17. The lowest BCUT2D eigenvalue weighted by Gasteiger charge is -2.28. The van der Waals surface area contributed by atoms with Crippen molar-refractivity contribution in [2.24, 2.45) is 0 Å². The van der Waals surface area contributed by atoms with E-state index in [4.69, 9.17) is 4.74 Å². The fourth-order valence-electron chi connectivity index (χ4n) is 1.44. The van der Waals surface area contributed by atoms with Crippen LogP contribution in [0.25, 0.3) is 0 Å². The van der Waals surface area contributed by atoms with Crippen LogP contribution in [-0.2, 0) is 4.74 Å². The van der Waals surface area contributed by atoms with E-state index in [1.54, 1.807) is 4.90 Å². The molecule has 0 aromatic carbocycles. The van der Waals surface area contributed by atoms with Crippen LogP contribution in [0.1, 0.15) is 32.6 Å². The lowest BCUT2D eigenvalue weighted by molar-refractivity contribution is 0.0948. The Labute approximate surface area is 91.2 Å². The van der Waals surface area contributed by atoms with Gasteiger partial charge >= 0.3 is 6.09 Å². The number of hydrogen-bond acceptors (Lipinski definition) is 3. The normalized spacial score (nSPS) is 18.3. The third-order valence-corrected chi connectivity index (χ3v) is 2.96. The Hall–Kier alpha value is -0.380. The van der Waals surface area contributed by atoms with Gasteiger partial charge in [-0.3, -0.25) is 0 Å². The van der Waals surface area contributed by atoms with Crippen LogP contribution in [0.5, 0.6) is 0 Å². The van der Waals surface area contributed by atoms with Crippen molar-refractivity contribution in [1.82, 2.24) is 4.90 Å². The number of ether oxygens (including phenoxy) is 1. The van der Waals surface area contributed by atoms with Gasteiger partial charge in [-0.25, -0.2) is 4.79 Å². The number of amides is 1. The maximum atomic E-state index is 11.5. The topological polar surface area (TPSA) is 29.5 Å². The Bertz CT molecular complexity index is 179. The average molecular weight is 217 g/mol. The average Bonchev–Trinajstić information content (AvgIpc) is 2.19. The van der Waals surface area contributed by atoms with E-state index in [-0.39, 0.29) is 6.09 Å². The van der Waals surface area contributed by atoms with Crippen LogP contribution in [0.4, 0.5) is 4.79 Å². The van der Waals surface area contributed by atoms with E-state index in [1.807, 2.05) is 0 Å². The molecule has 82 valence electrons. The molecule has 14 heavy (non-hydrogen) atoms. The number of hydrogen-bond donors (Lipinski definition) is 1. The SMILES string of the molecule is CCCCOC(=O)N1CCC(S)CC1. The molecule has 0 atom stereocenters. The van der Waals surface area contributed by atoms with Gasteiger partial charge in [-0.1, -0.05) is 13.3 Å². The van der Waals surface area contributed by atoms with Gasteiger partial charge in [0, 0.05) is 18.3 Å². The maximum absolute atomic E-state index is 11.5. The molecule has 1 aliphatic rings. The summed E-state index contributed by atoms with van der Waals surface area (Å²) in [6, 6.07) is 0. The van der Waals surface area contributed by atoms with Gasteiger partial charge in [0.05, 0.1) is 6.61 Å². The Morgan fingerprint density at radius 2 is 2.14 bits per heavy atom. The number of nitrogens with zero attached hydrogens (tertiary/aromatic N) is 1. The quantitative estimate of drug-likeness (QED) is 0.580. The first-order chi connectivity index (χ1) is 6.74. The third-order valence-electron chi connectivity index (χ3n) is 2.45. The van der Waals surface area contributed by atoms with Crippen molar-refractivity contribution in [2.45, 2.75) is 37.9 Å². The zero-order valence-corrected chi connectivity index (χ0v) is 9.63. The molecule has 0 aliphatic carbocycles. The molecule has 1 aliphatic heterocycles. The lowest BCUT2D eigenvalue weighted by atomic mass is 10.1. The monoisotopic (exact) mass is 217 g/mol.